The maximum Gasteiger partial charge on any atom is 0.224 e. The Morgan fingerprint density at radius 1 is 1.18 bits per heavy atom. The number of hydrogen-bond donors (Lipinski definition) is 1. The summed E-state index contributed by atoms with van der Waals surface area (Å²) < 4.78 is 10.8. The minimum atomic E-state index is -0.0180. The first-order valence-corrected chi connectivity index (χ1v) is 9.58. The monoisotopic (exact) mass is 380 g/mol. The van der Waals surface area contributed by atoms with Crippen molar-refractivity contribution in [3.63, 3.8) is 0 Å². The van der Waals surface area contributed by atoms with Crippen LogP contribution in [0, 0.1) is 0 Å². The predicted molar refractivity (Wildman–Crippen MR) is 112 cm³/mol. The van der Waals surface area contributed by atoms with Crippen molar-refractivity contribution in [2.75, 3.05) is 27.7 Å². The van der Waals surface area contributed by atoms with Gasteiger partial charge in [-0.3, -0.25) is 4.79 Å². The van der Waals surface area contributed by atoms with Crippen LogP contribution < -0.4 is 10.1 Å². The van der Waals surface area contributed by atoms with Crippen LogP contribution in [0.4, 0.5) is 0 Å². The Kier molecular flexibility index (Phi) is 6.37. The minimum absolute atomic E-state index is 0.0180. The standard InChI is InChI=1S/C23H28N2O3/c1-5-16-6-8-17(9-7-16)21(25(2)3)14-24-23(26)12-18-15-28-22-13-19(27-4)10-11-20(18)22/h6-11,13,15,21H,5,12,14H2,1-4H3,(H,24,26)/t21-/m1/s1. The zero-order valence-corrected chi connectivity index (χ0v) is 17.0. The van der Waals surface area contributed by atoms with Crippen molar-refractivity contribution >= 4 is 16.9 Å². The molecule has 148 valence electrons. The average Bonchev–Trinajstić information content (AvgIpc) is 3.10. The lowest BCUT2D eigenvalue weighted by Gasteiger charge is -2.25. The van der Waals surface area contributed by atoms with Gasteiger partial charge in [-0.05, 0) is 43.8 Å². The molecule has 0 aliphatic heterocycles. The second-order valence-electron chi connectivity index (χ2n) is 7.18. The molecule has 2 aromatic carbocycles. The number of methoxy groups -OCH3 is 1. The number of carbonyl (C=O) groups is 1. The molecule has 0 aliphatic carbocycles. The molecular formula is C23H28N2O3. The van der Waals surface area contributed by atoms with Crippen molar-refractivity contribution in [1.82, 2.24) is 10.2 Å². The quantitative estimate of drug-likeness (QED) is 0.643. The Bertz CT molecular complexity index is 929. The molecule has 5 heteroatoms. The first-order chi connectivity index (χ1) is 13.5. The highest BCUT2D eigenvalue weighted by Crippen LogP contribution is 2.26. The van der Waals surface area contributed by atoms with Gasteiger partial charge in [0.1, 0.15) is 11.3 Å². The van der Waals surface area contributed by atoms with Crippen molar-refractivity contribution in [3.8, 4) is 5.75 Å². The minimum Gasteiger partial charge on any atom is -0.497 e. The van der Waals surface area contributed by atoms with Gasteiger partial charge in [-0.25, -0.2) is 0 Å². The highest BCUT2D eigenvalue weighted by molar-refractivity contribution is 5.88. The van der Waals surface area contributed by atoms with E-state index in [1.54, 1.807) is 13.4 Å². The third kappa shape index (κ3) is 4.54. The van der Waals surface area contributed by atoms with E-state index in [0.717, 1.165) is 28.7 Å². The van der Waals surface area contributed by atoms with E-state index in [0.29, 0.717) is 6.54 Å². The summed E-state index contributed by atoms with van der Waals surface area (Å²) in [6.07, 6.45) is 2.96. The molecule has 5 nitrogen and oxygen atoms in total. The van der Waals surface area contributed by atoms with Crippen LogP contribution in [-0.4, -0.2) is 38.6 Å². The van der Waals surface area contributed by atoms with Crippen LogP contribution in [0.5, 0.6) is 5.75 Å². The highest BCUT2D eigenvalue weighted by Gasteiger charge is 2.17. The molecule has 1 amide bonds. The molecule has 0 bridgehead atoms. The molecule has 1 atom stereocenters. The van der Waals surface area contributed by atoms with Gasteiger partial charge in [0.2, 0.25) is 5.91 Å². The fourth-order valence-corrected chi connectivity index (χ4v) is 3.35. The Morgan fingerprint density at radius 3 is 2.57 bits per heavy atom. The summed E-state index contributed by atoms with van der Waals surface area (Å²) in [5.74, 6) is 0.719. The van der Waals surface area contributed by atoms with Gasteiger partial charge in [0, 0.05) is 23.6 Å². The van der Waals surface area contributed by atoms with E-state index in [2.05, 4.69) is 41.4 Å². The number of aryl methyl sites for hydroxylation is 1. The summed E-state index contributed by atoms with van der Waals surface area (Å²) in [7, 11) is 5.68. The molecule has 0 aliphatic rings. The number of fused-ring (bicyclic) bond motifs is 1. The third-order valence-electron chi connectivity index (χ3n) is 5.10. The van der Waals surface area contributed by atoms with E-state index in [4.69, 9.17) is 9.15 Å². The zero-order chi connectivity index (χ0) is 20.1. The largest absolute Gasteiger partial charge is 0.497 e. The van der Waals surface area contributed by atoms with Crippen molar-refractivity contribution in [1.29, 1.82) is 0 Å². The number of amides is 1. The van der Waals surface area contributed by atoms with Crippen LogP contribution >= 0.6 is 0 Å². The molecule has 1 N–H and O–H groups in total. The normalized spacial score (nSPS) is 12.3. The van der Waals surface area contributed by atoms with E-state index in [-0.39, 0.29) is 18.4 Å². The molecule has 0 unspecified atom stereocenters. The zero-order valence-electron chi connectivity index (χ0n) is 17.0. The lowest BCUT2D eigenvalue weighted by molar-refractivity contribution is -0.120. The Balaban J connectivity index is 1.65. The summed E-state index contributed by atoms with van der Waals surface area (Å²) in [6, 6.07) is 14.4. The van der Waals surface area contributed by atoms with Gasteiger partial charge in [0.15, 0.2) is 0 Å². The van der Waals surface area contributed by atoms with Crippen molar-refractivity contribution < 1.29 is 13.9 Å². The maximum atomic E-state index is 12.5. The molecule has 0 radical (unpaired) electrons. The SMILES string of the molecule is CCc1ccc([C@@H](CNC(=O)Cc2coc3cc(OC)ccc23)N(C)C)cc1. The maximum absolute atomic E-state index is 12.5. The lowest BCUT2D eigenvalue weighted by Crippen LogP contribution is -2.35. The van der Waals surface area contributed by atoms with Gasteiger partial charge in [-0.2, -0.15) is 0 Å². The van der Waals surface area contributed by atoms with E-state index in [1.165, 1.54) is 11.1 Å². The second kappa shape index (κ2) is 8.93. The molecule has 1 aromatic heterocycles. The molecular weight excluding hydrogens is 352 g/mol. The van der Waals surface area contributed by atoms with Crippen LogP contribution in [0.25, 0.3) is 11.0 Å². The Labute approximate surface area is 166 Å². The molecule has 0 fully saturated rings. The van der Waals surface area contributed by atoms with E-state index >= 15 is 0 Å². The number of furan rings is 1. The van der Waals surface area contributed by atoms with Crippen molar-refractivity contribution in [3.05, 3.63) is 65.4 Å². The van der Waals surface area contributed by atoms with Gasteiger partial charge < -0.3 is 19.4 Å². The lowest BCUT2D eigenvalue weighted by atomic mass is 10.0. The summed E-state index contributed by atoms with van der Waals surface area (Å²) in [5.41, 5.74) is 4.12. The predicted octanol–water partition coefficient (Wildman–Crippen LogP) is 3.97. The number of benzene rings is 2. The molecule has 0 saturated heterocycles. The number of rotatable bonds is 8. The number of carbonyl (C=O) groups excluding carboxylic acids is 1. The molecule has 0 saturated carbocycles. The van der Waals surface area contributed by atoms with Crippen LogP contribution in [-0.2, 0) is 17.6 Å². The Hall–Kier alpha value is -2.79. The fourth-order valence-electron chi connectivity index (χ4n) is 3.35. The third-order valence-corrected chi connectivity index (χ3v) is 5.10. The van der Waals surface area contributed by atoms with Crippen LogP contribution in [0.2, 0.25) is 0 Å². The summed E-state index contributed by atoms with van der Waals surface area (Å²) >= 11 is 0. The van der Waals surface area contributed by atoms with Gasteiger partial charge in [-0.15, -0.1) is 0 Å². The number of nitrogens with zero attached hydrogens (tertiary/aromatic N) is 1. The molecule has 3 rings (SSSR count). The molecule has 1 heterocycles. The number of ether oxygens (including phenoxy) is 1. The fraction of sp³-hybridized carbons (Fsp3) is 0.348. The van der Waals surface area contributed by atoms with Gasteiger partial charge >= 0.3 is 0 Å². The molecule has 3 aromatic rings. The van der Waals surface area contributed by atoms with E-state index in [1.807, 2.05) is 32.3 Å². The summed E-state index contributed by atoms with van der Waals surface area (Å²) in [6.45, 7) is 2.70. The number of likely N-dealkylation sites (N-methyl/N-ethyl adjacent to an activating group) is 1. The first kappa shape index (κ1) is 20.0. The molecule has 0 spiro atoms. The molecule has 28 heavy (non-hydrogen) atoms. The smallest absolute Gasteiger partial charge is 0.224 e. The van der Waals surface area contributed by atoms with Crippen molar-refractivity contribution in [2.24, 2.45) is 0 Å². The van der Waals surface area contributed by atoms with Crippen molar-refractivity contribution in [2.45, 2.75) is 25.8 Å². The van der Waals surface area contributed by atoms with E-state index in [9.17, 15) is 4.79 Å². The topological polar surface area (TPSA) is 54.7 Å². The van der Waals surface area contributed by atoms with Crippen LogP contribution in [0.15, 0.2) is 53.1 Å². The van der Waals surface area contributed by atoms with Gasteiger partial charge in [0.25, 0.3) is 0 Å². The van der Waals surface area contributed by atoms with Gasteiger partial charge in [0.05, 0.1) is 25.8 Å². The van der Waals surface area contributed by atoms with E-state index < -0.39 is 0 Å². The second-order valence-corrected chi connectivity index (χ2v) is 7.18. The van der Waals surface area contributed by atoms with Crippen LogP contribution in [0.1, 0.15) is 29.7 Å². The number of hydrogen-bond acceptors (Lipinski definition) is 4. The van der Waals surface area contributed by atoms with Gasteiger partial charge in [-0.1, -0.05) is 31.2 Å². The summed E-state index contributed by atoms with van der Waals surface area (Å²) in [5, 5.41) is 4.01. The Morgan fingerprint density at radius 2 is 1.93 bits per heavy atom. The first-order valence-electron chi connectivity index (χ1n) is 9.58. The summed E-state index contributed by atoms with van der Waals surface area (Å²) in [4.78, 5) is 14.7. The van der Waals surface area contributed by atoms with Crippen LogP contribution in [0.3, 0.4) is 0 Å². The number of nitrogens with one attached hydrogen (secondary N) is 1. The highest BCUT2D eigenvalue weighted by atomic mass is 16.5. The average molecular weight is 380 g/mol.